The summed E-state index contributed by atoms with van der Waals surface area (Å²) in [4.78, 5) is 0. The summed E-state index contributed by atoms with van der Waals surface area (Å²) in [6, 6.07) is 10.3. The first-order chi connectivity index (χ1) is 12.8. The summed E-state index contributed by atoms with van der Waals surface area (Å²) >= 11 is 0. The maximum Gasteiger partial charge on any atom is 0.180 e. The van der Waals surface area contributed by atoms with Crippen molar-refractivity contribution < 1.29 is 14.2 Å². The first-order valence-electron chi connectivity index (χ1n) is 10.7. The van der Waals surface area contributed by atoms with Crippen LogP contribution >= 0.6 is 0 Å². The highest BCUT2D eigenvalue weighted by molar-refractivity contribution is 5.13. The lowest BCUT2D eigenvalue weighted by Crippen LogP contribution is -2.39. The molecule has 0 bridgehead atoms. The van der Waals surface area contributed by atoms with Crippen LogP contribution in [0.25, 0.3) is 0 Å². The van der Waals surface area contributed by atoms with Gasteiger partial charge in [-0.2, -0.15) is 0 Å². The van der Waals surface area contributed by atoms with Crippen molar-refractivity contribution in [2.24, 2.45) is 17.8 Å². The van der Waals surface area contributed by atoms with Crippen LogP contribution in [0.1, 0.15) is 63.9 Å². The average Bonchev–Trinajstić information content (AvgIpc) is 2.70. The van der Waals surface area contributed by atoms with Gasteiger partial charge in [-0.05, 0) is 30.2 Å². The minimum absolute atomic E-state index is 0.194. The molecule has 1 heterocycles. The van der Waals surface area contributed by atoms with E-state index in [1.165, 1.54) is 56.9 Å². The van der Waals surface area contributed by atoms with Gasteiger partial charge in [0, 0.05) is 5.92 Å². The summed E-state index contributed by atoms with van der Waals surface area (Å²) in [6.45, 7) is 5.11. The van der Waals surface area contributed by atoms with E-state index in [0.29, 0.717) is 19.1 Å². The monoisotopic (exact) mass is 360 g/mol. The van der Waals surface area contributed by atoms with Crippen LogP contribution in [-0.4, -0.2) is 26.1 Å². The molecule has 1 aromatic carbocycles. The normalized spacial score (nSPS) is 29.6. The topological polar surface area (TPSA) is 27.7 Å². The maximum atomic E-state index is 5.94. The third-order valence-corrected chi connectivity index (χ3v) is 6.13. The molecular weight excluding hydrogens is 324 g/mol. The Kier molecular flexibility index (Phi) is 8.44. The van der Waals surface area contributed by atoms with E-state index in [9.17, 15) is 0 Å². The Morgan fingerprint density at radius 3 is 2.35 bits per heavy atom. The molecular formula is C23H36O3. The Labute approximate surface area is 159 Å². The Balaban J connectivity index is 1.28. The van der Waals surface area contributed by atoms with Gasteiger partial charge < -0.3 is 14.2 Å². The Hall–Kier alpha value is -0.900. The Bertz CT molecular complexity index is 473. The molecule has 3 rings (SSSR count). The van der Waals surface area contributed by atoms with Gasteiger partial charge in [0.1, 0.15) is 0 Å². The minimum Gasteiger partial charge on any atom is -0.372 e. The first kappa shape index (κ1) is 19.9. The third kappa shape index (κ3) is 6.37. The van der Waals surface area contributed by atoms with Crippen LogP contribution in [0, 0.1) is 17.8 Å². The van der Waals surface area contributed by atoms with E-state index in [1.807, 2.05) is 18.2 Å². The van der Waals surface area contributed by atoms with Crippen LogP contribution in [0.3, 0.4) is 0 Å². The summed E-state index contributed by atoms with van der Waals surface area (Å²) in [5.74, 6) is 2.35. The lowest BCUT2D eigenvalue weighted by molar-refractivity contribution is -0.230. The zero-order chi connectivity index (χ0) is 18.0. The summed E-state index contributed by atoms with van der Waals surface area (Å²) in [6.07, 6.45) is 11.0. The van der Waals surface area contributed by atoms with Crippen molar-refractivity contribution in [3.8, 4) is 0 Å². The van der Waals surface area contributed by atoms with Crippen molar-refractivity contribution in [1.82, 2.24) is 0 Å². The van der Waals surface area contributed by atoms with Crippen molar-refractivity contribution >= 4 is 0 Å². The fraction of sp³-hybridized carbons (Fsp3) is 0.739. The van der Waals surface area contributed by atoms with E-state index in [4.69, 9.17) is 14.2 Å². The highest BCUT2D eigenvalue weighted by Gasteiger charge is 2.31. The fourth-order valence-electron chi connectivity index (χ4n) is 4.41. The molecule has 1 saturated heterocycles. The van der Waals surface area contributed by atoms with Gasteiger partial charge in [0.05, 0.1) is 26.4 Å². The number of rotatable bonds is 9. The van der Waals surface area contributed by atoms with Crippen molar-refractivity contribution in [2.75, 3.05) is 19.8 Å². The lowest BCUT2D eigenvalue weighted by atomic mass is 9.74. The molecule has 0 N–H and O–H groups in total. The predicted molar refractivity (Wildman–Crippen MR) is 105 cm³/mol. The molecule has 3 heteroatoms. The van der Waals surface area contributed by atoms with Gasteiger partial charge in [0.25, 0.3) is 0 Å². The zero-order valence-electron chi connectivity index (χ0n) is 16.4. The van der Waals surface area contributed by atoms with Crippen LogP contribution in [0.15, 0.2) is 30.3 Å². The lowest BCUT2D eigenvalue weighted by Gasteiger charge is -2.37. The van der Waals surface area contributed by atoms with E-state index in [2.05, 4.69) is 19.1 Å². The van der Waals surface area contributed by atoms with E-state index >= 15 is 0 Å². The van der Waals surface area contributed by atoms with E-state index in [-0.39, 0.29) is 6.29 Å². The second-order valence-corrected chi connectivity index (χ2v) is 8.13. The fourth-order valence-corrected chi connectivity index (χ4v) is 4.41. The van der Waals surface area contributed by atoms with Crippen molar-refractivity contribution in [3.63, 3.8) is 0 Å². The number of unbranched alkanes of at least 4 members (excludes halogenated alkanes) is 2. The zero-order valence-corrected chi connectivity index (χ0v) is 16.4. The molecule has 1 aliphatic carbocycles. The Morgan fingerprint density at radius 2 is 1.65 bits per heavy atom. The molecule has 0 radical (unpaired) electrons. The van der Waals surface area contributed by atoms with E-state index in [0.717, 1.165) is 25.0 Å². The van der Waals surface area contributed by atoms with Crippen molar-refractivity contribution in [2.45, 2.75) is 71.2 Å². The molecule has 0 atom stereocenters. The van der Waals surface area contributed by atoms with Gasteiger partial charge in [-0.3, -0.25) is 0 Å². The smallest absolute Gasteiger partial charge is 0.180 e. The largest absolute Gasteiger partial charge is 0.372 e. The van der Waals surface area contributed by atoms with Crippen LogP contribution < -0.4 is 0 Å². The summed E-state index contributed by atoms with van der Waals surface area (Å²) in [5.41, 5.74) is 1.19. The van der Waals surface area contributed by atoms with Crippen LogP contribution in [-0.2, 0) is 20.8 Å². The quantitative estimate of drug-likeness (QED) is 0.538. The van der Waals surface area contributed by atoms with Crippen LogP contribution in [0.4, 0.5) is 0 Å². The molecule has 0 amide bonds. The molecule has 1 saturated carbocycles. The van der Waals surface area contributed by atoms with Crippen molar-refractivity contribution in [1.29, 1.82) is 0 Å². The molecule has 0 unspecified atom stereocenters. The van der Waals surface area contributed by atoms with Crippen LogP contribution in [0.2, 0.25) is 0 Å². The van der Waals surface area contributed by atoms with Gasteiger partial charge >= 0.3 is 0 Å². The molecule has 1 aromatic rings. The van der Waals surface area contributed by atoms with E-state index in [1.54, 1.807) is 0 Å². The maximum absolute atomic E-state index is 5.94. The second kappa shape index (κ2) is 11.1. The van der Waals surface area contributed by atoms with Gasteiger partial charge in [-0.1, -0.05) is 75.8 Å². The predicted octanol–water partition coefficient (Wildman–Crippen LogP) is 5.58. The van der Waals surface area contributed by atoms with Gasteiger partial charge in [-0.25, -0.2) is 0 Å². The molecule has 26 heavy (non-hydrogen) atoms. The summed E-state index contributed by atoms with van der Waals surface area (Å²) in [5, 5.41) is 0. The van der Waals surface area contributed by atoms with E-state index < -0.39 is 0 Å². The Morgan fingerprint density at radius 1 is 0.923 bits per heavy atom. The summed E-state index contributed by atoms with van der Waals surface area (Å²) < 4.78 is 17.6. The van der Waals surface area contributed by atoms with Gasteiger partial charge in [0.15, 0.2) is 6.29 Å². The molecule has 1 aliphatic heterocycles. The molecule has 0 aromatic heterocycles. The van der Waals surface area contributed by atoms with Gasteiger partial charge in [0.2, 0.25) is 0 Å². The highest BCUT2D eigenvalue weighted by Crippen LogP contribution is 2.37. The standard InChI is InChI=1S/C23H36O3/c1-2-3-5-8-19-11-13-21(14-12-19)22-16-25-23(26-17-22)18-24-15-20-9-6-4-7-10-20/h4,6-7,9-10,19,21-23H,2-3,5,8,11-18H2,1H3. The SMILES string of the molecule is CCCCCC1CCC(C2COC(COCc3ccccc3)OC2)CC1. The molecule has 2 fully saturated rings. The molecule has 3 nitrogen and oxygen atoms in total. The number of hydrogen-bond donors (Lipinski definition) is 0. The number of benzene rings is 1. The second-order valence-electron chi connectivity index (χ2n) is 8.13. The average molecular weight is 361 g/mol. The molecule has 146 valence electrons. The number of ether oxygens (including phenoxy) is 3. The first-order valence-corrected chi connectivity index (χ1v) is 10.7. The summed E-state index contributed by atoms with van der Waals surface area (Å²) in [7, 11) is 0. The minimum atomic E-state index is -0.194. The highest BCUT2D eigenvalue weighted by atomic mass is 16.7. The third-order valence-electron chi connectivity index (χ3n) is 6.13. The van der Waals surface area contributed by atoms with Gasteiger partial charge in [-0.15, -0.1) is 0 Å². The van der Waals surface area contributed by atoms with Crippen molar-refractivity contribution in [3.05, 3.63) is 35.9 Å². The molecule has 2 aliphatic rings. The molecule has 0 spiro atoms. The van der Waals surface area contributed by atoms with Crippen LogP contribution in [0.5, 0.6) is 0 Å². The number of hydrogen-bond acceptors (Lipinski definition) is 3.